The van der Waals surface area contributed by atoms with Crippen molar-refractivity contribution in [2.75, 3.05) is 13.1 Å². The summed E-state index contributed by atoms with van der Waals surface area (Å²) in [6.45, 7) is 2.01. The van der Waals surface area contributed by atoms with Gasteiger partial charge in [0.15, 0.2) is 0 Å². The smallest absolute Gasteiger partial charge is 0.250 e. The number of carbonyl (C=O) groups is 1. The molecule has 1 atom stereocenters. The average molecular weight is 319 g/mol. The van der Waals surface area contributed by atoms with Crippen molar-refractivity contribution >= 4 is 5.91 Å². The van der Waals surface area contributed by atoms with Crippen LogP contribution in [0.4, 0.5) is 0 Å². The molecule has 1 aliphatic carbocycles. The predicted octanol–water partition coefficient (Wildman–Crippen LogP) is 0.104. The van der Waals surface area contributed by atoms with Gasteiger partial charge in [0.1, 0.15) is 6.54 Å². The summed E-state index contributed by atoms with van der Waals surface area (Å²) in [5.41, 5.74) is -0.167. The second kappa shape index (κ2) is 7.27. The SMILES string of the molecule is O=C(Cn1ccccc1=O)N[C@H](C1CCNCC1)C1CC(O)C1. The van der Waals surface area contributed by atoms with E-state index >= 15 is 0 Å². The predicted molar refractivity (Wildman–Crippen MR) is 87.0 cm³/mol. The van der Waals surface area contributed by atoms with E-state index in [9.17, 15) is 14.7 Å². The van der Waals surface area contributed by atoms with Gasteiger partial charge in [0, 0.05) is 18.3 Å². The van der Waals surface area contributed by atoms with Crippen molar-refractivity contribution < 1.29 is 9.90 Å². The molecule has 0 radical (unpaired) electrons. The van der Waals surface area contributed by atoms with E-state index in [2.05, 4.69) is 10.6 Å². The molecule has 1 amide bonds. The Hall–Kier alpha value is -1.66. The summed E-state index contributed by atoms with van der Waals surface area (Å²) in [6.07, 6.45) is 5.03. The number of hydrogen-bond donors (Lipinski definition) is 3. The lowest BCUT2D eigenvalue weighted by molar-refractivity contribution is -0.124. The number of rotatable bonds is 5. The number of piperidine rings is 1. The van der Waals surface area contributed by atoms with E-state index in [0.717, 1.165) is 38.8 Å². The van der Waals surface area contributed by atoms with Crippen LogP contribution < -0.4 is 16.2 Å². The molecular formula is C17H25N3O3. The third-order valence-electron chi connectivity index (χ3n) is 5.09. The first-order valence-corrected chi connectivity index (χ1v) is 8.47. The third kappa shape index (κ3) is 4.00. The van der Waals surface area contributed by atoms with Crippen molar-refractivity contribution in [1.29, 1.82) is 0 Å². The van der Waals surface area contributed by atoms with Crippen molar-refractivity contribution in [3.63, 3.8) is 0 Å². The van der Waals surface area contributed by atoms with Gasteiger partial charge in [0.05, 0.1) is 6.10 Å². The van der Waals surface area contributed by atoms with Crippen molar-refractivity contribution in [2.45, 2.75) is 44.4 Å². The number of carbonyl (C=O) groups excluding carboxylic acids is 1. The number of aromatic nitrogens is 1. The molecule has 2 heterocycles. The highest BCUT2D eigenvalue weighted by Gasteiger charge is 2.39. The maximum absolute atomic E-state index is 12.4. The lowest BCUT2D eigenvalue weighted by atomic mass is 9.71. The zero-order valence-corrected chi connectivity index (χ0v) is 13.3. The Morgan fingerprint density at radius 1 is 1.30 bits per heavy atom. The van der Waals surface area contributed by atoms with Crippen LogP contribution in [0.2, 0.25) is 0 Å². The van der Waals surface area contributed by atoms with Gasteiger partial charge in [-0.05, 0) is 56.7 Å². The van der Waals surface area contributed by atoms with Crippen LogP contribution in [0.1, 0.15) is 25.7 Å². The van der Waals surface area contributed by atoms with Crippen molar-refractivity contribution in [3.05, 3.63) is 34.7 Å². The summed E-state index contributed by atoms with van der Waals surface area (Å²) >= 11 is 0. The van der Waals surface area contributed by atoms with Gasteiger partial charge in [0.2, 0.25) is 5.91 Å². The Kier molecular flexibility index (Phi) is 5.13. The van der Waals surface area contributed by atoms with Crippen LogP contribution in [-0.4, -0.2) is 40.8 Å². The maximum atomic E-state index is 12.4. The molecule has 0 spiro atoms. The van der Waals surface area contributed by atoms with E-state index in [0.29, 0.717) is 11.8 Å². The Bertz CT molecular complexity index is 589. The molecule has 2 aliphatic rings. The number of pyridine rings is 1. The van der Waals surface area contributed by atoms with Crippen LogP contribution in [-0.2, 0) is 11.3 Å². The highest BCUT2D eigenvalue weighted by Crippen LogP contribution is 2.35. The first-order valence-electron chi connectivity index (χ1n) is 8.47. The molecular weight excluding hydrogens is 294 g/mol. The molecule has 6 nitrogen and oxygen atoms in total. The van der Waals surface area contributed by atoms with Crippen LogP contribution >= 0.6 is 0 Å². The first kappa shape index (κ1) is 16.2. The van der Waals surface area contributed by atoms with Gasteiger partial charge < -0.3 is 20.3 Å². The molecule has 6 heteroatoms. The highest BCUT2D eigenvalue weighted by atomic mass is 16.3. The molecule has 1 aromatic heterocycles. The van der Waals surface area contributed by atoms with E-state index in [1.54, 1.807) is 18.3 Å². The molecule has 1 saturated carbocycles. The Balaban J connectivity index is 1.64. The molecule has 0 bridgehead atoms. The van der Waals surface area contributed by atoms with Crippen LogP contribution in [0.15, 0.2) is 29.2 Å². The van der Waals surface area contributed by atoms with Gasteiger partial charge in [-0.3, -0.25) is 9.59 Å². The van der Waals surface area contributed by atoms with Gasteiger partial charge in [-0.25, -0.2) is 0 Å². The molecule has 23 heavy (non-hydrogen) atoms. The van der Waals surface area contributed by atoms with Crippen molar-refractivity contribution in [1.82, 2.24) is 15.2 Å². The quantitative estimate of drug-likeness (QED) is 0.719. The number of nitrogens with one attached hydrogen (secondary N) is 2. The molecule has 0 aromatic carbocycles. The Morgan fingerprint density at radius 3 is 2.70 bits per heavy atom. The van der Waals surface area contributed by atoms with E-state index in [1.807, 2.05) is 0 Å². The highest BCUT2D eigenvalue weighted by molar-refractivity contribution is 5.76. The number of aliphatic hydroxyl groups is 1. The number of amides is 1. The molecule has 2 fully saturated rings. The summed E-state index contributed by atoms with van der Waals surface area (Å²) < 4.78 is 1.42. The number of aliphatic hydroxyl groups excluding tert-OH is 1. The zero-order valence-electron chi connectivity index (χ0n) is 13.3. The Morgan fingerprint density at radius 2 is 2.04 bits per heavy atom. The van der Waals surface area contributed by atoms with Gasteiger partial charge in [-0.15, -0.1) is 0 Å². The van der Waals surface area contributed by atoms with Gasteiger partial charge in [0.25, 0.3) is 5.56 Å². The Labute approximate surface area is 135 Å². The summed E-state index contributed by atoms with van der Waals surface area (Å²) in [6, 6.07) is 4.98. The summed E-state index contributed by atoms with van der Waals surface area (Å²) in [7, 11) is 0. The summed E-state index contributed by atoms with van der Waals surface area (Å²) in [4.78, 5) is 24.1. The molecule has 1 aliphatic heterocycles. The number of nitrogens with zero attached hydrogens (tertiary/aromatic N) is 1. The standard InChI is InChI=1S/C17H25N3O3/c21-14-9-13(10-14)17(12-4-6-18-7-5-12)19-15(22)11-20-8-2-1-3-16(20)23/h1-3,8,12-14,17-18,21H,4-7,9-11H2,(H,19,22)/t13?,14?,17-/m1/s1. The van der Waals surface area contributed by atoms with Crippen LogP contribution in [0.25, 0.3) is 0 Å². The van der Waals surface area contributed by atoms with Crippen molar-refractivity contribution in [3.8, 4) is 0 Å². The normalized spacial score (nSPS) is 26.3. The molecule has 1 aromatic rings. The first-order chi connectivity index (χ1) is 11.1. The minimum absolute atomic E-state index is 0.0520. The van der Waals surface area contributed by atoms with E-state index in [-0.39, 0.29) is 30.2 Å². The average Bonchev–Trinajstić information content (AvgIpc) is 2.53. The molecule has 0 unspecified atom stereocenters. The molecule has 1 saturated heterocycles. The number of hydrogen-bond acceptors (Lipinski definition) is 4. The fourth-order valence-corrected chi connectivity index (χ4v) is 3.72. The topological polar surface area (TPSA) is 83.4 Å². The van der Waals surface area contributed by atoms with Crippen LogP contribution in [0.3, 0.4) is 0 Å². The fraction of sp³-hybridized carbons (Fsp3) is 0.647. The van der Waals surface area contributed by atoms with E-state index < -0.39 is 0 Å². The summed E-state index contributed by atoms with van der Waals surface area (Å²) in [5, 5.41) is 16.1. The maximum Gasteiger partial charge on any atom is 0.250 e. The second-order valence-electron chi connectivity index (χ2n) is 6.73. The summed E-state index contributed by atoms with van der Waals surface area (Å²) in [5.74, 6) is 0.679. The van der Waals surface area contributed by atoms with Gasteiger partial charge in [-0.2, -0.15) is 0 Å². The van der Waals surface area contributed by atoms with Crippen molar-refractivity contribution in [2.24, 2.45) is 11.8 Å². The zero-order chi connectivity index (χ0) is 16.2. The third-order valence-corrected chi connectivity index (χ3v) is 5.09. The lowest BCUT2D eigenvalue weighted by Gasteiger charge is -2.43. The lowest BCUT2D eigenvalue weighted by Crippen LogP contribution is -2.53. The largest absolute Gasteiger partial charge is 0.393 e. The fourth-order valence-electron chi connectivity index (χ4n) is 3.72. The monoisotopic (exact) mass is 319 g/mol. The van der Waals surface area contributed by atoms with Gasteiger partial charge >= 0.3 is 0 Å². The van der Waals surface area contributed by atoms with Gasteiger partial charge in [-0.1, -0.05) is 6.07 Å². The van der Waals surface area contributed by atoms with Crippen LogP contribution in [0.5, 0.6) is 0 Å². The molecule has 126 valence electrons. The molecule has 3 N–H and O–H groups in total. The second-order valence-corrected chi connectivity index (χ2v) is 6.73. The minimum atomic E-state index is -0.224. The molecule has 3 rings (SSSR count). The van der Waals surface area contributed by atoms with E-state index in [4.69, 9.17) is 0 Å². The van der Waals surface area contributed by atoms with E-state index in [1.165, 1.54) is 10.6 Å². The van der Waals surface area contributed by atoms with Crippen LogP contribution in [0, 0.1) is 11.8 Å². The minimum Gasteiger partial charge on any atom is -0.393 e.